The average Bonchev–Trinajstić information content (AvgIpc) is 2.66. The summed E-state index contributed by atoms with van der Waals surface area (Å²) in [6, 6.07) is 0. The summed E-state index contributed by atoms with van der Waals surface area (Å²) < 4.78 is 65.7. The van der Waals surface area contributed by atoms with Crippen LogP contribution in [0.5, 0.6) is 0 Å². The standard InChI is InChI=1S/C10H14ClF3N2O3S/c1-3-7(2)19-5-8-9(20(11,17)18)4-15-16(8)6-10(12,13)14/h4,7H,3,5-6H2,1-2H3/t7-/m1/s1. The fourth-order valence-corrected chi connectivity index (χ4v) is 2.39. The Morgan fingerprint density at radius 1 is 1.50 bits per heavy atom. The van der Waals surface area contributed by atoms with E-state index in [1.807, 2.05) is 6.92 Å². The summed E-state index contributed by atoms with van der Waals surface area (Å²) in [5.74, 6) is 0. The maximum atomic E-state index is 12.4. The number of alkyl halides is 3. The van der Waals surface area contributed by atoms with E-state index in [-0.39, 0.29) is 18.4 Å². The van der Waals surface area contributed by atoms with Gasteiger partial charge in [0.15, 0.2) is 0 Å². The van der Waals surface area contributed by atoms with Crippen LogP contribution in [0.4, 0.5) is 13.2 Å². The summed E-state index contributed by atoms with van der Waals surface area (Å²) in [5.41, 5.74) is -0.211. The van der Waals surface area contributed by atoms with Crippen molar-refractivity contribution in [1.82, 2.24) is 9.78 Å². The molecule has 0 fully saturated rings. The molecule has 1 atom stereocenters. The van der Waals surface area contributed by atoms with E-state index in [2.05, 4.69) is 5.10 Å². The van der Waals surface area contributed by atoms with E-state index < -0.39 is 26.7 Å². The second-order valence-electron chi connectivity index (χ2n) is 4.20. The van der Waals surface area contributed by atoms with Gasteiger partial charge >= 0.3 is 6.18 Å². The number of rotatable bonds is 6. The van der Waals surface area contributed by atoms with Crippen LogP contribution in [0, 0.1) is 0 Å². The minimum absolute atomic E-state index is 0.211. The summed E-state index contributed by atoms with van der Waals surface area (Å²) in [4.78, 5) is -0.466. The van der Waals surface area contributed by atoms with Gasteiger partial charge in [-0.05, 0) is 13.3 Å². The number of ether oxygens (including phenoxy) is 1. The zero-order chi connectivity index (χ0) is 15.6. The molecular weight excluding hydrogens is 321 g/mol. The Labute approximate surface area is 119 Å². The van der Waals surface area contributed by atoms with Crippen molar-refractivity contribution in [3.63, 3.8) is 0 Å². The normalized spacial score (nSPS) is 14.5. The molecule has 1 aromatic rings. The van der Waals surface area contributed by atoms with Crippen LogP contribution in [-0.4, -0.2) is 30.5 Å². The minimum Gasteiger partial charge on any atom is -0.372 e. The first-order valence-electron chi connectivity index (χ1n) is 5.72. The molecule has 0 radical (unpaired) electrons. The molecule has 0 aliphatic heterocycles. The van der Waals surface area contributed by atoms with Crippen molar-refractivity contribution in [3.05, 3.63) is 11.9 Å². The fourth-order valence-electron chi connectivity index (χ4n) is 1.39. The molecule has 0 saturated carbocycles. The van der Waals surface area contributed by atoms with Gasteiger partial charge in [-0.3, -0.25) is 4.68 Å². The van der Waals surface area contributed by atoms with Gasteiger partial charge in [-0.15, -0.1) is 0 Å². The summed E-state index contributed by atoms with van der Waals surface area (Å²) in [6.07, 6.45) is -3.32. The zero-order valence-corrected chi connectivity index (χ0v) is 12.4. The van der Waals surface area contributed by atoms with Crippen LogP contribution in [0.15, 0.2) is 11.1 Å². The molecular formula is C10H14ClF3N2O3S. The molecule has 1 rings (SSSR count). The molecule has 0 aliphatic carbocycles. The number of nitrogens with zero attached hydrogens (tertiary/aromatic N) is 2. The Morgan fingerprint density at radius 3 is 2.55 bits per heavy atom. The predicted octanol–water partition coefficient (Wildman–Crippen LogP) is 2.69. The van der Waals surface area contributed by atoms with Gasteiger partial charge in [-0.2, -0.15) is 18.3 Å². The largest absolute Gasteiger partial charge is 0.408 e. The molecule has 0 amide bonds. The minimum atomic E-state index is -4.52. The maximum Gasteiger partial charge on any atom is 0.408 e. The lowest BCUT2D eigenvalue weighted by Gasteiger charge is -2.14. The first-order valence-corrected chi connectivity index (χ1v) is 8.03. The second kappa shape index (κ2) is 6.31. The summed E-state index contributed by atoms with van der Waals surface area (Å²) in [7, 11) is 0.998. The smallest absolute Gasteiger partial charge is 0.372 e. The number of hydrogen-bond acceptors (Lipinski definition) is 4. The predicted molar refractivity (Wildman–Crippen MR) is 65.9 cm³/mol. The van der Waals surface area contributed by atoms with Crippen LogP contribution in [-0.2, 0) is 26.9 Å². The molecule has 5 nitrogen and oxygen atoms in total. The van der Waals surface area contributed by atoms with E-state index >= 15 is 0 Å². The molecule has 0 aliphatic rings. The van der Waals surface area contributed by atoms with E-state index in [0.717, 1.165) is 6.20 Å². The maximum absolute atomic E-state index is 12.4. The van der Waals surface area contributed by atoms with Gasteiger partial charge in [0.1, 0.15) is 11.4 Å². The highest BCUT2D eigenvalue weighted by molar-refractivity contribution is 8.13. The van der Waals surface area contributed by atoms with Gasteiger partial charge in [0, 0.05) is 10.7 Å². The Kier molecular flexibility index (Phi) is 5.45. The summed E-state index contributed by atoms with van der Waals surface area (Å²) in [5, 5.41) is 3.42. The Bertz CT molecular complexity index is 557. The van der Waals surface area contributed by atoms with Gasteiger partial charge < -0.3 is 4.74 Å². The van der Waals surface area contributed by atoms with Gasteiger partial charge in [-0.25, -0.2) is 8.42 Å². The van der Waals surface area contributed by atoms with E-state index in [0.29, 0.717) is 11.1 Å². The van der Waals surface area contributed by atoms with Crippen LogP contribution in [0.2, 0.25) is 0 Å². The molecule has 116 valence electrons. The van der Waals surface area contributed by atoms with E-state index in [1.165, 1.54) is 0 Å². The third-order valence-electron chi connectivity index (χ3n) is 2.58. The molecule has 0 aromatic carbocycles. The van der Waals surface area contributed by atoms with Crippen LogP contribution in [0.1, 0.15) is 26.0 Å². The van der Waals surface area contributed by atoms with Gasteiger partial charge in [0.25, 0.3) is 9.05 Å². The lowest BCUT2D eigenvalue weighted by Crippen LogP contribution is -2.21. The Morgan fingerprint density at radius 2 is 2.10 bits per heavy atom. The number of aromatic nitrogens is 2. The Hall–Kier alpha value is -0.800. The topological polar surface area (TPSA) is 61.2 Å². The quantitative estimate of drug-likeness (QED) is 0.750. The van der Waals surface area contributed by atoms with Crippen molar-refractivity contribution in [2.75, 3.05) is 0 Å². The van der Waals surface area contributed by atoms with Crippen molar-refractivity contribution in [1.29, 1.82) is 0 Å². The fraction of sp³-hybridized carbons (Fsp3) is 0.700. The highest BCUT2D eigenvalue weighted by Gasteiger charge is 2.32. The molecule has 1 aromatic heterocycles. The summed E-state index contributed by atoms with van der Waals surface area (Å²) >= 11 is 0. The lowest BCUT2D eigenvalue weighted by molar-refractivity contribution is -0.143. The molecule has 0 spiro atoms. The number of hydrogen-bond donors (Lipinski definition) is 0. The van der Waals surface area contributed by atoms with Gasteiger partial charge in [0.05, 0.1) is 24.6 Å². The van der Waals surface area contributed by atoms with Gasteiger partial charge in [0.2, 0.25) is 0 Å². The van der Waals surface area contributed by atoms with Crippen molar-refractivity contribution < 1.29 is 26.3 Å². The lowest BCUT2D eigenvalue weighted by atomic mass is 10.3. The van der Waals surface area contributed by atoms with Crippen molar-refractivity contribution in [2.24, 2.45) is 0 Å². The first kappa shape index (κ1) is 17.3. The van der Waals surface area contributed by atoms with Crippen molar-refractivity contribution in [3.8, 4) is 0 Å². The molecule has 0 unspecified atom stereocenters. The SMILES string of the molecule is CC[C@@H](C)OCc1c(S(=O)(=O)Cl)cnn1CC(F)(F)F. The highest BCUT2D eigenvalue weighted by Crippen LogP contribution is 2.24. The van der Waals surface area contributed by atoms with Crippen LogP contribution < -0.4 is 0 Å². The van der Waals surface area contributed by atoms with E-state index in [4.69, 9.17) is 15.4 Å². The third-order valence-corrected chi connectivity index (χ3v) is 3.95. The molecule has 0 saturated heterocycles. The molecule has 0 bridgehead atoms. The van der Waals surface area contributed by atoms with E-state index in [9.17, 15) is 21.6 Å². The summed E-state index contributed by atoms with van der Waals surface area (Å²) in [6.45, 7) is 1.83. The van der Waals surface area contributed by atoms with Crippen LogP contribution in [0.3, 0.4) is 0 Å². The number of halogens is 4. The van der Waals surface area contributed by atoms with Crippen molar-refractivity contribution >= 4 is 19.7 Å². The average molecular weight is 335 g/mol. The Balaban J connectivity index is 3.10. The third kappa shape index (κ3) is 4.95. The van der Waals surface area contributed by atoms with Crippen molar-refractivity contribution in [2.45, 2.75) is 50.6 Å². The monoisotopic (exact) mass is 334 g/mol. The molecule has 10 heteroatoms. The van der Waals surface area contributed by atoms with E-state index in [1.54, 1.807) is 6.92 Å². The highest BCUT2D eigenvalue weighted by atomic mass is 35.7. The van der Waals surface area contributed by atoms with Gasteiger partial charge in [-0.1, -0.05) is 6.92 Å². The van der Waals surface area contributed by atoms with Crippen LogP contribution in [0.25, 0.3) is 0 Å². The first-order chi connectivity index (χ1) is 9.04. The zero-order valence-electron chi connectivity index (χ0n) is 10.8. The second-order valence-corrected chi connectivity index (χ2v) is 6.73. The van der Waals surface area contributed by atoms with Crippen LogP contribution >= 0.6 is 10.7 Å². The molecule has 20 heavy (non-hydrogen) atoms. The molecule has 0 N–H and O–H groups in total. The molecule has 1 heterocycles.